The molecule has 9 heteroatoms. The lowest BCUT2D eigenvalue weighted by molar-refractivity contribution is -0.117. The molecule has 4 N–H and O–H groups in total. The first-order valence-corrected chi connectivity index (χ1v) is 7.33. The first kappa shape index (κ1) is 15.4. The minimum atomic E-state index is -0.689. The van der Waals surface area contributed by atoms with Crippen molar-refractivity contribution in [2.45, 2.75) is 12.6 Å². The van der Waals surface area contributed by atoms with Crippen LogP contribution < -0.4 is 11.1 Å². The van der Waals surface area contributed by atoms with Crippen LogP contribution in [-0.2, 0) is 16.1 Å². The summed E-state index contributed by atoms with van der Waals surface area (Å²) in [7, 11) is 0. The molecular formula is C14H18N6O3. The minimum absolute atomic E-state index is 0.0532. The van der Waals surface area contributed by atoms with Gasteiger partial charge in [-0.1, -0.05) is 5.21 Å². The molecule has 1 aliphatic rings. The van der Waals surface area contributed by atoms with E-state index < -0.39 is 11.7 Å². The van der Waals surface area contributed by atoms with Crippen LogP contribution in [-0.4, -0.2) is 51.4 Å². The Hall–Kier alpha value is -2.52. The lowest BCUT2D eigenvalue weighted by Gasteiger charge is -2.14. The molecule has 0 saturated carbocycles. The second-order valence-corrected chi connectivity index (χ2v) is 5.39. The Balaban J connectivity index is 1.57. The van der Waals surface area contributed by atoms with Crippen molar-refractivity contribution in [3.63, 3.8) is 0 Å². The zero-order valence-electron chi connectivity index (χ0n) is 12.4. The fourth-order valence-electron chi connectivity index (χ4n) is 2.51. The van der Waals surface area contributed by atoms with Gasteiger partial charge in [-0.05, 0) is 18.7 Å². The predicted octanol–water partition coefficient (Wildman–Crippen LogP) is -0.748. The van der Waals surface area contributed by atoms with E-state index in [-0.39, 0.29) is 24.2 Å². The van der Waals surface area contributed by atoms with Crippen molar-refractivity contribution in [3.05, 3.63) is 35.9 Å². The van der Waals surface area contributed by atoms with Crippen LogP contribution in [0, 0.1) is 5.92 Å². The van der Waals surface area contributed by atoms with Crippen molar-refractivity contribution >= 4 is 11.7 Å². The third-order valence-corrected chi connectivity index (χ3v) is 3.84. The summed E-state index contributed by atoms with van der Waals surface area (Å²) in [6, 6.07) is 3.26. The van der Waals surface area contributed by atoms with E-state index in [1.54, 1.807) is 29.2 Å². The number of carbonyl (C=O) groups is 2. The lowest BCUT2D eigenvalue weighted by Crippen LogP contribution is -2.30. The molecule has 0 unspecified atom stereocenters. The Bertz CT molecular complexity index is 681. The average molecular weight is 318 g/mol. The number of nitrogens with one attached hydrogen (secondary N) is 2. The van der Waals surface area contributed by atoms with Crippen LogP contribution in [0.1, 0.15) is 22.2 Å². The van der Waals surface area contributed by atoms with E-state index in [2.05, 4.69) is 20.6 Å². The summed E-state index contributed by atoms with van der Waals surface area (Å²) in [5.74, 6) is -1.10. The van der Waals surface area contributed by atoms with Gasteiger partial charge in [-0.3, -0.25) is 9.59 Å². The molecule has 2 aromatic rings. The molecule has 0 spiro atoms. The van der Waals surface area contributed by atoms with Crippen molar-refractivity contribution in [1.82, 2.24) is 25.3 Å². The number of ether oxygens (including phenoxy) is 1. The van der Waals surface area contributed by atoms with Crippen LogP contribution in [0.15, 0.2) is 24.5 Å². The molecule has 0 radical (unpaired) electrons. The smallest absolute Gasteiger partial charge is 0.294 e. The highest BCUT2D eigenvalue weighted by Crippen LogP contribution is 2.23. The van der Waals surface area contributed by atoms with Gasteiger partial charge in [0.15, 0.2) is 0 Å². The van der Waals surface area contributed by atoms with Crippen LogP contribution in [0.2, 0.25) is 0 Å². The summed E-state index contributed by atoms with van der Waals surface area (Å²) in [6.07, 6.45) is 3.32. The van der Waals surface area contributed by atoms with Gasteiger partial charge in [0.1, 0.15) is 5.69 Å². The zero-order valence-corrected chi connectivity index (χ0v) is 12.4. The van der Waals surface area contributed by atoms with E-state index in [0.717, 1.165) is 0 Å². The van der Waals surface area contributed by atoms with E-state index in [1.165, 1.54) is 0 Å². The van der Waals surface area contributed by atoms with Crippen molar-refractivity contribution in [2.75, 3.05) is 19.8 Å². The molecule has 1 amide bonds. The standard InChI is InChI=1S/C14H18N6O3/c15-4-9-7-23-8-12(9)20-6-10(18-19-20)5-17-14(22)13(21)11-2-1-3-16-11/h1-3,6,9,12,16H,4-5,7-8,15H2,(H,17,22)/t9-,12-/m1/s1. The number of nitrogens with zero attached hydrogens (tertiary/aromatic N) is 3. The Labute approximate surface area is 132 Å². The highest BCUT2D eigenvalue weighted by Gasteiger charge is 2.29. The topological polar surface area (TPSA) is 128 Å². The third-order valence-electron chi connectivity index (χ3n) is 3.84. The maximum absolute atomic E-state index is 11.8. The number of hydrogen-bond acceptors (Lipinski definition) is 6. The van der Waals surface area contributed by atoms with Gasteiger partial charge in [0.2, 0.25) is 0 Å². The SMILES string of the molecule is NC[C@@H]1COC[C@H]1n1cc(CNC(=O)C(=O)c2ccc[nH]2)nn1. The Morgan fingerprint density at radius 2 is 2.35 bits per heavy atom. The Morgan fingerprint density at radius 3 is 3.09 bits per heavy atom. The monoisotopic (exact) mass is 318 g/mol. The van der Waals surface area contributed by atoms with Crippen molar-refractivity contribution in [3.8, 4) is 0 Å². The van der Waals surface area contributed by atoms with Crippen LogP contribution in [0.25, 0.3) is 0 Å². The number of ketones is 1. The van der Waals surface area contributed by atoms with E-state index in [1.807, 2.05) is 0 Å². The summed E-state index contributed by atoms with van der Waals surface area (Å²) in [5, 5.41) is 10.6. The summed E-state index contributed by atoms with van der Waals surface area (Å²) < 4.78 is 7.12. The summed E-state index contributed by atoms with van der Waals surface area (Å²) in [4.78, 5) is 26.3. The minimum Gasteiger partial charge on any atom is -0.379 e. The number of Topliss-reactive ketones (excluding diaryl/α,β-unsaturated/α-hetero) is 1. The number of carbonyl (C=O) groups excluding carboxylic acids is 2. The second kappa shape index (κ2) is 6.71. The molecule has 3 heterocycles. The van der Waals surface area contributed by atoms with Crippen LogP contribution in [0.4, 0.5) is 0 Å². The number of rotatable bonds is 6. The van der Waals surface area contributed by atoms with Crippen LogP contribution >= 0.6 is 0 Å². The molecule has 0 aromatic carbocycles. The third kappa shape index (κ3) is 3.30. The number of H-pyrrole nitrogens is 1. The maximum Gasteiger partial charge on any atom is 0.294 e. The van der Waals surface area contributed by atoms with Gasteiger partial charge in [-0.25, -0.2) is 4.68 Å². The average Bonchev–Trinajstić information content (AvgIpc) is 3.32. The molecule has 122 valence electrons. The number of aromatic nitrogens is 4. The first-order chi connectivity index (χ1) is 11.2. The molecule has 23 heavy (non-hydrogen) atoms. The van der Waals surface area contributed by atoms with Crippen molar-refractivity contribution in [1.29, 1.82) is 0 Å². The molecule has 2 atom stereocenters. The Morgan fingerprint density at radius 1 is 1.48 bits per heavy atom. The van der Waals surface area contributed by atoms with Gasteiger partial charge in [0.05, 0.1) is 37.7 Å². The molecule has 2 aromatic heterocycles. The fraction of sp³-hybridized carbons (Fsp3) is 0.429. The van der Waals surface area contributed by atoms with Gasteiger partial charge in [-0.15, -0.1) is 5.10 Å². The van der Waals surface area contributed by atoms with Crippen molar-refractivity contribution in [2.24, 2.45) is 11.7 Å². The fourth-order valence-corrected chi connectivity index (χ4v) is 2.51. The summed E-state index contributed by atoms with van der Waals surface area (Å²) in [5.41, 5.74) is 6.53. The molecule has 1 aliphatic heterocycles. The molecule has 0 aliphatic carbocycles. The quantitative estimate of drug-likeness (QED) is 0.475. The zero-order chi connectivity index (χ0) is 16.2. The normalized spacial score (nSPS) is 20.6. The molecule has 1 fully saturated rings. The molecule has 0 bridgehead atoms. The number of aromatic amines is 1. The van der Waals surface area contributed by atoms with Crippen LogP contribution in [0.5, 0.6) is 0 Å². The highest BCUT2D eigenvalue weighted by atomic mass is 16.5. The van der Waals surface area contributed by atoms with Crippen LogP contribution in [0.3, 0.4) is 0 Å². The lowest BCUT2D eigenvalue weighted by atomic mass is 10.0. The van der Waals surface area contributed by atoms with E-state index in [9.17, 15) is 9.59 Å². The maximum atomic E-state index is 11.8. The highest BCUT2D eigenvalue weighted by molar-refractivity contribution is 6.42. The Kier molecular flexibility index (Phi) is 4.49. The number of hydrogen-bond donors (Lipinski definition) is 3. The largest absolute Gasteiger partial charge is 0.379 e. The molecule has 3 rings (SSSR count). The van der Waals surface area contributed by atoms with E-state index in [4.69, 9.17) is 10.5 Å². The van der Waals surface area contributed by atoms with E-state index in [0.29, 0.717) is 25.5 Å². The van der Waals surface area contributed by atoms with Gasteiger partial charge in [0, 0.05) is 12.1 Å². The van der Waals surface area contributed by atoms with Gasteiger partial charge in [-0.2, -0.15) is 0 Å². The summed E-state index contributed by atoms with van der Waals surface area (Å²) in [6.45, 7) is 1.80. The second-order valence-electron chi connectivity index (χ2n) is 5.39. The molecule has 1 saturated heterocycles. The van der Waals surface area contributed by atoms with Crippen molar-refractivity contribution < 1.29 is 14.3 Å². The first-order valence-electron chi connectivity index (χ1n) is 7.33. The number of nitrogens with two attached hydrogens (primary N) is 1. The summed E-state index contributed by atoms with van der Waals surface area (Å²) >= 11 is 0. The molecular weight excluding hydrogens is 300 g/mol. The van der Waals surface area contributed by atoms with Gasteiger partial charge >= 0.3 is 0 Å². The van der Waals surface area contributed by atoms with Gasteiger partial charge < -0.3 is 20.8 Å². The van der Waals surface area contributed by atoms with Gasteiger partial charge in [0.25, 0.3) is 11.7 Å². The molecule has 9 nitrogen and oxygen atoms in total. The van der Waals surface area contributed by atoms with E-state index >= 15 is 0 Å². The predicted molar refractivity (Wildman–Crippen MR) is 79.4 cm³/mol. The number of amides is 1.